The van der Waals surface area contributed by atoms with Crippen LogP contribution in [0.1, 0.15) is 42.0 Å². The van der Waals surface area contributed by atoms with E-state index in [2.05, 4.69) is 38.2 Å². The summed E-state index contributed by atoms with van der Waals surface area (Å²) in [6.07, 6.45) is 1.20. The van der Waals surface area contributed by atoms with E-state index in [9.17, 15) is 0 Å². The van der Waals surface area contributed by atoms with E-state index >= 15 is 0 Å². The Kier molecular flexibility index (Phi) is 2.60. The minimum Gasteiger partial charge on any atom is -0.312 e. The molecule has 1 N–H and O–H groups in total. The van der Waals surface area contributed by atoms with Crippen LogP contribution in [0, 0.1) is 6.92 Å². The summed E-state index contributed by atoms with van der Waals surface area (Å²) in [5, 5.41) is 3.43. The number of fused-ring (bicyclic) bond motifs is 1. The van der Waals surface area contributed by atoms with Gasteiger partial charge in [0, 0.05) is 6.54 Å². The van der Waals surface area contributed by atoms with Crippen molar-refractivity contribution in [2.75, 3.05) is 6.54 Å². The van der Waals surface area contributed by atoms with Crippen molar-refractivity contribution in [1.29, 1.82) is 0 Å². The normalized spacial score (nSPS) is 15.7. The Morgan fingerprint density at radius 2 is 2.07 bits per heavy atom. The minimum absolute atomic E-state index is 0.654. The predicted molar refractivity (Wildman–Crippen MR) is 60.7 cm³/mol. The molecule has 1 heterocycles. The Hall–Kier alpha value is -0.820. The number of benzene rings is 1. The highest BCUT2D eigenvalue weighted by atomic mass is 14.9. The van der Waals surface area contributed by atoms with Crippen LogP contribution in [0.2, 0.25) is 0 Å². The van der Waals surface area contributed by atoms with Gasteiger partial charge in [-0.3, -0.25) is 0 Å². The summed E-state index contributed by atoms with van der Waals surface area (Å²) in [5.41, 5.74) is 6.07. The minimum atomic E-state index is 0.654. The molecule has 1 heteroatoms. The zero-order chi connectivity index (χ0) is 10.1. The van der Waals surface area contributed by atoms with Gasteiger partial charge in [-0.2, -0.15) is 0 Å². The molecule has 76 valence electrons. The molecule has 0 spiro atoms. The van der Waals surface area contributed by atoms with Crippen LogP contribution in [0.3, 0.4) is 0 Å². The summed E-state index contributed by atoms with van der Waals surface area (Å²) in [7, 11) is 0. The molecular formula is C13H19N. The molecule has 0 aromatic heterocycles. The third-order valence-electron chi connectivity index (χ3n) is 3.01. The molecule has 0 aliphatic carbocycles. The monoisotopic (exact) mass is 189 g/mol. The number of nitrogens with one attached hydrogen (secondary N) is 1. The number of hydrogen-bond acceptors (Lipinski definition) is 1. The van der Waals surface area contributed by atoms with E-state index in [0.29, 0.717) is 5.92 Å². The van der Waals surface area contributed by atoms with Gasteiger partial charge in [0.2, 0.25) is 0 Å². The summed E-state index contributed by atoms with van der Waals surface area (Å²) in [5.74, 6) is 0.654. The summed E-state index contributed by atoms with van der Waals surface area (Å²) in [4.78, 5) is 0. The first kappa shape index (κ1) is 9.72. The molecule has 0 bridgehead atoms. The van der Waals surface area contributed by atoms with E-state index in [4.69, 9.17) is 0 Å². The Bertz CT molecular complexity index is 339. The molecule has 0 amide bonds. The lowest BCUT2D eigenvalue weighted by Crippen LogP contribution is -2.25. The first-order chi connectivity index (χ1) is 6.68. The Morgan fingerprint density at radius 1 is 1.29 bits per heavy atom. The molecule has 14 heavy (non-hydrogen) atoms. The molecule has 1 aliphatic heterocycles. The topological polar surface area (TPSA) is 12.0 Å². The fourth-order valence-electron chi connectivity index (χ4n) is 2.34. The molecular weight excluding hydrogens is 170 g/mol. The van der Waals surface area contributed by atoms with Gasteiger partial charge in [0.15, 0.2) is 0 Å². The van der Waals surface area contributed by atoms with Gasteiger partial charge in [0.25, 0.3) is 0 Å². The van der Waals surface area contributed by atoms with Gasteiger partial charge < -0.3 is 5.32 Å². The molecule has 1 aliphatic rings. The fraction of sp³-hybridized carbons (Fsp3) is 0.538. The summed E-state index contributed by atoms with van der Waals surface area (Å²) >= 11 is 0. The summed E-state index contributed by atoms with van der Waals surface area (Å²) in [6.45, 7) is 8.96. The van der Waals surface area contributed by atoms with E-state index in [1.165, 1.54) is 17.5 Å². The zero-order valence-electron chi connectivity index (χ0n) is 9.35. The number of rotatable bonds is 1. The predicted octanol–water partition coefficient (Wildman–Crippen LogP) is 2.76. The van der Waals surface area contributed by atoms with Gasteiger partial charge >= 0.3 is 0 Å². The molecule has 0 atom stereocenters. The molecule has 0 unspecified atom stereocenters. The maximum Gasteiger partial charge on any atom is 0.0208 e. The maximum absolute atomic E-state index is 3.43. The van der Waals surface area contributed by atoms with Crippen molar-refractivity contribution in [2.24, 2.45) is 0 Å². The average Bonchev–Trinajstić information content (AvgIpc) is 2.16. The highest BCUT2D eigenvalue weighted by molar-refractivity contribution is 5.41. The van der Waals surface area contributed by atoms with Gasteiger partial charge in [-0.15, -0.1) is 0 Å². The molecule has 0 saturated carbocycles. The van der Waals surface area contributed by atoms with Gasteiger partial charge in [-0.05, 0) is 42.5 Å². The van der Waals surface area contributed by atoms with Crippen molar-refractivity contribution in [1.82, 2.24) is 5.32 Å². The summed E-state index contributed by atoms with van der Waals surface area (Å²) < 4.78 is 0. The second-order valence-electron chi connectivity index (χ2n) is 4.57. The van der Waals surface area contributed by atoms with Crippen LogP contribution in [-0.4, -0.2) is 6.54 Å². The lowest BCUT2D eigenvalue weighted by Gasteiger charge is -2.23. The first-order valence-electron chi connectivity index (χ1n) is 5.51. The van der Waals surface area contributed by atoms with Crippen molar-refractivity contribution in [3.63, 3.8) is 0 Å². The summed E-state index contributed by atoms with van der Waals surface area (Å²) in [6, 6.07) is 4.68. The zero-order valence-corrected chi connectivity index (χ0v) is 9.35. The van der Waals surface area contributed by atoms with Crippen LogP contribution < -0.4 is 5.32 Å². The quantitative estimate of drug-likeness (QED) is 0.716. The Morgan fingerprint density at radius 3 is 2.79 bits per heavy atom. The fourth-order valence-corrected chi connectivity index (χ4v) is 2.34. The van der Waals surface area contributed by atoms with E-state index < -0.39 is 0 Å². The third-order valence-corrected chi connectivity index (χ3v) is 3.01. The van der Waals surface area contributed by atoms with Gasteiger partial charge in [0.1, 0.15) is 0 Å². The van der Waals surface area contributed by atoms with E-state index in [-0.39, 0.29) is 0 Å². The number of aryl methyl sites for hydroxylation is 1. The standard InChI is InChI=1S/C13H19N/c1-9(2)13-7-10(3)6-11-8-14-5-4-12(11)13/h6-7,9,14H,4-5,8H2,1-3H3. The Balaban J connectivity index is 2.52. The van der Waals surface area contributed by atoms with Gasteiger partial charge in [-0.25, -0.2) is 0 Å². The lowest BCUT2D eigenvalue weighted by molar-refractivity contribution is 0.633. The number of hydrogen-bond donors (Lipinski definition) is 1. The third kappa shape index (κ3) is 1.69. The van der Waals surface area contributed by atoms with Crippen LogP contribution in [0.15, 0.2) is 12.1 Å². The largest absolute Gasteiger partial charge is 0.312 e. The van der Waals surface area contributed by atoms with E-state index in [0.717, 1.165) is 13.1 Å². The highest BCUT2D eigenvalue weighted by Crippen LogP contribution is 2.26. The van der Waals surface area contributed by atoms with Gasteiger partial charge in [-0.1, -0.05) is 31.5 Å². The molecule has 0 fully saturated rings. The highest BCUT2D eigenvalue weighted by Gasteiger charge is 2.14. The molecule has 1 aromatic carbocycles. The van der Waals surface area contributed by atoms with Crippen LogP contribution >= 0.6 is 0 Å². The molecule has 0 radical (unpaired) electrons. The molecule has 0 saturated heterocycles. The van der Waals surface area contributed by atoms with Crippen molar-refractivity contribution in [3.8, 4) is 0 Å². The van der Waals surface area contributed by atoms with Gasteiger partial charge in [0.05, 0.1) is 0 Å². The lowest BCUT2D eigenvalue weighted by atomic mass is 9.88. The average molecular weight is 189 g/mol. The van der Waals surface area contributed by atoms with Crippen LogP contribution in [0.5, 0.6) is 0 Å². The van der Waals surface area contributed by atoms with Crippen LogP contribution in [-0.2, 0) is 13.0 Å². The molecule has 1 nitrogen and oxygen atoms in total. The second-order valence-corrected chi connectivity index (χ2v) is 4.57. The van der Waals surface area contributed by atoms with Crippen LogP contribution in [0.25, 0.3) is 0 Å². The Labute approximate surface area is 86.5 Å². The molecule has 1 aromatic rings. The maximum atomic E-state index is 3.43. The first-order valence-corrected chi connectivity index (χ1v) is 5.51. The van der Waals surface area contributed by atoms with E-state index in [1.54, 1.807) is 11.1 Å². The van der Waals surface area contributed by atoms with Crippen molar-refractivity contribution in [2.45, 2.75) is 39.7 Å². The smallest absolute Gasteiger partial charge is 0.0208 e. The SMILES string of the molecule is Cc1cc2c(c(C(C)C)c1)CCNC2. The van der Waals surface area contributed by atoms with Crippen LogP contribution in [0.4, 0.5) is 0 Å². The molecule has 2 rings (SSSR count). The van der Waals surface area contributed by atoms with Crippen molar-refractivity contribution in [3.05, 3.63) is 34.4 Å². The van der Waals surface area contributed by atoms with Crippen molar-refractivity contribution >= 4 is 0 Å². The second kappa shape index (κ2) is 3.74. The van der Waals surface area contributed by atoms with Crippen molar-refractivity contribution < 1.29 is 0 Å². The van der Waals surface area contributed by atoms with E-state index in [1.807, 2.05) is 0 Å².